The summed E-state index contributed by atoms with van der Waals surface area (Å²) in [6.07, 6.45) is 0.507. The number of morpholine rings is 1. The molecule has 27 heavy (non-hydrogen) atoms. The highest BCUT2D eigenvalue weighted by Crippen LogP contribution is 2.33. The Hall–Kier alpha value is -2.81. The number of benzene rings is 1. The third-order valence-electron chi connectivity index (χ3n) is 4.90. The van der Waals surface area contributed by atoms with E-state index >= 15 is 0 Å². The van der Waals surface area contributed by atoms with Gasteiger partial charge in [-0.2, -0.15) is 0 Å². The molecule has 2 fully saturated rings. The van der Waals surface area contributed by atoms with E-state index in [-0.39, 0.29) is 31.6 Å². The first kappa shape index (κ1) is 17.6. The molecule has 1 aromatic carbocycles. The molecule has 0 saturated carbocycles. The number of ether oxygens (including phenoxy) is 3. The minimum absolute atomic E-state index is 0.0189. The molecule has 3 aliphatic rings. The van der Waals surface area contributed by atoms with Crippen LogP contribution < -0.4 is 14.8 Å². The Balaban J connectivity index is 1.33. The number of amides is 4. The molecule has 0 spiro atoms. The molecule has 0 aliphatic carbocycles. The van der Waals surface area contributed by atoms with Gasteiger partial charge in [0.25, 0.3) is 5.91 Å². The highest BCUT2D eigenvalue weighted by Gasteiger charge is 2.38. The molecular formula is C18H21N3O6. The summed E-state index contributed by atoms with van der Waals surface area (Å²) in [5, 5.41) is 2.67. The lowest BCUT2D eigenvalue weighted by atomic mass is 10.1. The largest absolute Gasteiger partial charge is 0.454 e. The summed E-state index contributed by atoms with van der Waals surface area (Å²) in [5.74, 6) is 0.921. The van der Waals surface area contributed by atoms with Crippen LogP contribution in [0.25, 0.3) is 0 Å². The van der Waals surface area contributed by atoms with Gasteiger partial charge in [-0.3, -0.25) is 14.5 Å². The predicted molar refractivity (Wildman–Crippen MR) is 92.1 cm³/mol. The molecule has 0 bridgehead atoms. The molecular weight excluding hydrogens is 354 g/mol. The van der Waals surface area contributed by atoms with Crippen LogP contribution in [0.5, 0.6) is 11.5 Å². The van der Waals surface area contributed by atoms with Crippen LogP contribution in [0.4, 0.5) is 4.79 Å². The first-order valence-corrected chi connectivity index (χ1v) is 8.98. The summed E-state index contributed by atoms with van der Waals surface area (Å²) in [5.41, 5.74) is 0.771. The minimum Gasteiger partial charge on any atom is -0.454 e. The van der Waals surface area contributed by atoms with Crippen molar-refractivity contribution in [2.75, 3.05) is 33.1 Å². The fourth-order valence-electron chi connectivity index (χ4n) is 3.38. The predicted octanol–water partition coefficient (Wildman–Crippen LogP) is 0.475. The maximum atomic E-state index is 12.6. The number of hydrogen-bond acceptors (Lipinski definition) is 6. The van der Waals surface area contributed by atoms with Crippen molar-refractivity contribution in [1.29, 1.82) is 0 Å². The highest BCUT2D eigenvalue weighted by molar-refractivity contribution is 6.04. The Morgan fingerprint density at radius 1 is 1.15 bits per heavy atom. The van der Waals surface area contributed by atoms with Crippen LogP contribution in [0.1, 0.15) is 18.4 Å². The molecule has 0 aromatic heterocycles. The van der Waals surface area contributed by atoms with E-state index in [2.05, 4.69) is 5.32 Å². The topological polar surface area (TPSA) is 97.4 Å². The number of hydrogen-bond donors (Lipinski definition) is 1. The van der Waals surface area contributed by atoms with Gasteiger partial charge in [-0.1, -0.05) is 6.07 Å². The van der Waals surface area contributed by atoms with Crippen molar-refractivity contribution in [3.63, 3.8) is 0 Å². The maximum absolute atomic E-state index is 12.6. The summed E-state index contributed by atoms with van der Waals surface area (Å²) in [6, 6.07) is 4.20. The van der Waals surface area contributed by atoms with Crippen LogP contribution in [-0.2, 0) is 20.9 Å². The Bertz CT molecular complexity index is 761. The molecule has 144 valence electrons. The van der Waals surface area contributed by atoms with Crippen LogP contribution in [0, 0.1) is 0 Å². The number of fused-ring (bicyclic) bond motifs is 1. The van der Waals surface area contributed by atoms with Crippen LogP contribution in [0.15, 0.2) is 18.2 Å². The second-order valence-corrected chi connectivity index (χ2v) is 6.65. The number of carbonyl (C=O) groups is 3. The van der Waals surface area contributed by atoms with Gasteiger partial charge in [0.15, 0.2) is 11.5 Å². The van der Waals surface area contributed by atoms with Gasteiger partial charge in [0, 0.05) is 19.5 Å². The van der Waals surface area contributed by atoms with Crippen molar-refractivity contribution in [3.05, 3.63) is 23.8 Å². The normalized spacial score (nSPS) is 21.6. The summed E-state index contributed by atoms with van der Waals surface area (Å²) in [6.45, 7) is 2.53. The smallest absolute Gasteiger partial charge is 0.325 e. The molecule has 2 saturated heterocycles. The van der Waals surface area contributed by atoms with Gasteiger partial charge in [-0.15, -0.1) is 0 Å². The average Bonchev–Trinajstić information content (AvgIpc) is 3.26. The molecule has 9 heteroatoms. The molecule has 0 unspecified atom stereocenters. The van der Waals surface area contributed by atoms with Gasteiger partial charge in [0.05, 0.1) is 19.8 Å². The molecule has 3 heterocycles. The summed E-state index contributed by atoms with van der Waals surface area (Å²) >= 11 is 0. The van der Waals surface area contributed by atoms with Crippen LogP contribution in [0.3, 0.4) is 0 Å². The van der Waals surface area contributed by atoms with Crippen molar-refractivity contribution >= 4 is 17.8 Å². The first-order chi connectivity index (χ1) is 13.1. The zero-order chi connectivity index (χ0) is 18.8. The van der Waals surface area contributed by atoms with Gasteiger partial charge in [-0.25, -0.2) is 4.79 Å². The zero-order valence-electron chi connectivity index (χ0n) is 14.8. The van der Waals surface area contributed by atoms with Crippen molar-refractivity contribution in [1.82, 2.24) is 15.1 Å². The highest BCUT2D eigenvalue weighted by atomic mass is 16.7. The van der Waals surface area contributed by atoms with Gasteiger partial charge >= 0.3 is 6.03 Å². The maximum Gasteiger partial charge on any atom is 0.325 e. The number of rotatable bonds is 5. The van der Waals surface area contributed by atoms with E-state index in [0.717, 1.165) is 5.56 Å². The number of nitrogens with zero attached hydrogens (tertiary/aromatic N) is 2. The lowest BCUT2D eigenvalue weighted by Gasteiger charge is -2.27. The zero-order valence-corrected chi connectivity index (χ0v) is 14.8. The first-order valence-electron chi connectivity index (χ1n) is 8.98. The van der Waals surface area contributed by atoms with E-state index in [1.165, 1.54) is 4.90 Å². The minimum atomic E-state index is -0.670. The number of nitrogens with one attached hydrogen (secondary N) is 1. The van der Waals surface area contributed by atoms with E-state index in [0.29, 0.717) is 44.2 Å². The van der Waals surface area contributed by atoms with Crippen LogP contribution in [0.2, 0.25) is 0 Å². The summed E-state index contributed by atoms with van der Waals surface area (Å²) < 4.78 is 15.8. The molecule has 3 aliphatic heterocycles. The standard InChI is InChI=1S/C18H21N3O6/c22-16(20-5-7-25-8-6-20)4-2-13-17(23)21(18(24)19-13)10-12-1-3-14-15(9-12)27-11-26-14/h1,3,9,13H,2,4-8,10-11H2,(H,19,24)/t13-/m0/s1. The van der Waals surface area contributed by atoms with Crippen molar-refractivity contribution in [2.45, 2.75) is 25.4 Å². The van der Waals surface area contributed by atoms with Gasteiger partial charge in [0.1, 0.15) is 6.04 Å². The molecule has 1 atom stereocenters. The van der Waals surface area contributed by atoms with Gasteiger partial charge in [-0.05, 0) is 24.1 Å². The van der Waals surface area contributed by atoms with E-state index < -0.39 is 12.1 Å². The third kappa shape index (κ3) is 3.68. The van der Waals surface area contributed by atoms with E-state index in [4.69, 9.17) is 14.2 Å². The van der Waals surface area contributed by atoms with E-state index in [1.54, 1.807) is 23.1 Å². The van der Waals surface area contributed by atoms with Gasteiger partial charge in [0.2, 0.25) is 12.7 Å². The number of carbonyl (C=O) groups excluding carboxylic acids is 3. The molecule has 1 aromatic rings. The monoisotopic (exact) mass is 375 g/mol. The average molecular weight is 375 g/mol. The Morgan fingerprint density at radius 2 is 1.93 bits per heavy atom. The van der Waals surface area contributed by atoms with Crippen LogP contribution >= 0.6 is 0 Å². The molecule has 4 amide bonds. The second-order valence-electron chi connectivity index (χ2n) is 6.65. The quantitative estimate of drug-likeness (QED) is 0.752. The Kier molecular flexibility index (Phi) is 4.85. The van der Waals surface area contributed by atoms with Crippen LogP contribution in [-0.4, -0.2) is 66.8 Å². The lowest BCUT2D eigenvalue weighted by Crippen LogP contribution is -2.41. The molecule has 1 N–H and O–H groups in total. The third-order valence-corrected chi connectivity index (χ3v) is 4.90. The fourth-order valence-corrected chi connectivity index (χ4v) is 3.38. The van der Waals surface area contributed by atoms with Crippen molar-refractivity contribution in [3.8, 4) is 11.5 Å². The Labute approximate surface area is 156 Å². The van der Waals surface area contributed by atoms with E-state index in [9.17, 15) is 14.4 Å². The van der Waals surface area contributed by atoms with Gasteiger partial charge < -0.3 is 24.4 Å². The molecule has 0 radical (unpaired) electrons. The Morgan fingerprint density at radius 3 is 2.74 bits per heavy atom. The fraction of sp³-hybridized carbons (Fsp3) is 0.500. The van der Waals surface area contributed by atoms with E-state index in [1.807, 2.05) is 0 Å². The summed E-state index contributed by atoms with van der Waals surface area (Å²) in [7, 11) is 0. The number of urea groups is 1. The number of imide groups is 1. The second kappa shape index (κ2) is 7.43. The van der Waals surface area contributed by atoms with Crippen molar-refractivity contribution < 1.29 is 28.6 Å². The SMILES string of the molecule is O=C(CC[C@@H]1NC(=O)N(Cc2ccc3c(c2)OCO3)C1=O)N1CCOCC1. The van der Waals surface area contributed by atoms with Crippen molar-refractivity contribution in [2.24, 2.45) is 0 Å². The summed E-state index contributed by atoms with van der Waals surface area (Å²) in [4.78, 5) is 39.9. The molecule has 9 nitrogen and oxygen atoms in total. The lowest BCUT2D eigenvalue weighted by molar-refractivity contribution is -0.135. The molecule has 4 rings (SSSR count).